The predicted molar refractivity (Wildman–Crippen MR) is 104 cm³/mol. The lowest BCUT2D eigenvalue weighted by Crippen LogP contribution is -2.38. The lowest BCUT2D eigenvalue weighted by molar-refractivity contribution is 0.0711. The van der Waals surface area contributed by atoms with Crippen molar-refractivity contribution in [1.29, 1.82) is 0 Å². The SMILES string of the molecule is CNC(=O)c1ccc(-c2cc(F)cc(C(=O)N3CCC(c4ccn[nH]4)CC3)c2)o1. The number of H-pyrrole nitrogens is 1. The fourth-order valence-electron chi connectivity index (χ4n) is 3.66. The second kappa shape index (κ2) is 7.90. The monoisotopic (exact) mass is 396 g/mol. The zero-order valence-electron chi connectivity index (χ0n) is 15.9. The van der Waals surface area contributed by atoms with E-state index in [0.717, 1.165) is 18.5 Å². The van der Waals surface area contributed by atoms with Crippen LogP contribution in [0.3, 0.4) is 0 Å². The van der Waals surface area contributed by atoms with Crippen LogP contribution in [-0.2, 0) is 0 Å². The number of benzene rings is 1. The van der Waals surface area contributed by atoms with Crippen molar-refractivity contribution >= 4 is 11.8 Å². The third kappa shape index (κ3) is 3.91. The van der Waals surface area contributed by atoms with Crippen molar-refractivity contribution < 1.29 is 18.4 Å². The summed E-state index contributed by atoms with van der Waals surface area (Å²) in [6.07, 6.45) is 3.37. The van der Waals surface area contributed by atoms with Crippen LogP contribution >= 0.6 is 0 Å². The van der Waals surface area contributed by atoms with E-state index in [4.69, 9.17) is 4.42 Å². The van der Waals surface area contributed by atoms with Gasteiger partial charge < -0.3 is 14.6 Å². The van der Waals surface area contributed by atoms with Gasteiger partial charge in [0.15, 0.2) is 5.76 Å². The molecule has 3 heterocycles. The molecule has 0 radical (unpaired) electrons. The second-order valence-corrected chi connectivity index (χ2v) is 7.05. The van der Waals surface area contributed by atoms with Crippen molar-refractivity contribution in [1.82, 2.24) is 20.4 Å². The van der Waals surface area contributed by atoms with Crippen molar-refractivity contribution in [3.63, 3.8) is 0 Å². The molecule has 1 saturated heterocycles. The van der Waals surface area contributed by atoms with Crippen molar-refractivity contribution in [3.8, 4) is 11.3 Å². The van der Waals surface area contributed by atoms with Crippen LogP contribution in [0, 0.1) is 5.82 Å². The minimum Gasteiger partial charge on any atom is -0.451 e. The summed E-state index contributed by atoms with van der Waals surface area (Å²) in [6.45, 7) is 1.19. The molecule has 0 atom stereocenters. The van der Waals surface area contributed by atoms with Gasteiger partial charge >= 0.3 is 0 Å². The first-order valence-corrected chi connectivity index (χ1v) is 9.46. The Kier molecular flexibility index (Phi) is 5.16. The van der Waals surface area contributed by atoms with Crippen LogP contribution in [0.4, 0.5) is 4.39 Å². The van der Waals surface area contributed by atoms with Crippen LogP contribution in [0.2, 0.25) is 0 Å². The first-order valence-electron chi connectivity index (χ1n) is 9.46. The summed E-state index contributed by atoms with van der Waals surface area (Å²) in [5.74, 6) is -0.321. The molecule has 1 aromatic carbocycles. The number of nitrogens with zero attached hydrogens (tertiary/aromatic N) is 2. The molecule has 4 rings (SSSR count). The quantitative estimate of drug-likeness (QED) is 0.709. The molecule has 2 N–H and O–H groups in total. The van der Waals surface area contributed by atoms with Crippen molar-refractivity contribution in [2.24, 2.45) is 0 Å². The van der Waals surface area contributed by atoms with E-state index < -0.39 is 5.82 Å². The van der Waals surface area contributed by atoms with Gasteiger partial charge in [-0.15, -0.1) is 0 Å². The Morgan fingerprint density at radius 2 is 2.00 bits per heavy atom. The lowest BCUT2D eigenvalue weighted by Gasteiger charge is -2.31. The zero-order valence-corrected chi connectivity index (χ0v) is 15.9. The van der Waals surface area contributed by atoms with E-state index in [9.17, 15) is 14.0 Å². The van der Waals surface area contributed by atoms with Crippen molar-refractivity contribution in [3.05, 3.63) is 65.4 Å². The number of hydrogen-bond acceptors (Lipinski definition) is 4. The van der Waals surface area contributed by atoms with Gasteiger partial charge in [0, 0.05) is 49.1 Å². The maximum atomic E-state index is 14.2. The minimum absolute atomic E-state index is 0.125. The number of aromatic amines is 1. The van der Waals surface area contributed by atoms with Crippen molar-refractivity contribution in [2.75, 3.05) is 20.1 Å². The van der Waals surface area contributed by atoms with Crippen LogP contribution in [0.15, 0.2) is 47.0 Å². The van der Waals surface area contributed by atoms with E-state index in [0.29, 0.717) is 30.3 Å². The van der Waals surface area contributed by atoms with Gasteiger partial charge in [0.05, 0.1) is 0 Å². The molecule has 0 unspecified atom stereocenters. The predicted octanol–water partition coefficient (Wildman–Crippen LogP) is 3.19. The maximum absolute atomic E-state index is 14.2. The molecule has 3 aromatic rings. The number of aromatic nitrogens is 2. The molecule has 7 nitrogen and oxygen atoms in total. The summed E-state index contributed by atoms with van der Waals surface area (Å²) in [6, 6.07) is 9.17. The van der Waals surface area contributed by atoms with E-state index in [-0.39, 0.29) is 23.1 Å². The molecule has 8 heteroatoms. The standard InChI is InChI=1S/C21H21FN4O3/c1-23-20(27)19-3-2-18(29-19)14-10-15(12-16(22)11-14)21(28)26-8-5-13(6-9-26)17-4-7-24-25-17/h2-4,7,10-13H,5-6,8-9H2,1H3,(H,23,27)(H,24,25). The Labute approximate surface area is 166 Å². The third-order valence-electron chi connectivity index (χ3n) is 5.23. The van der Waals surface area contributed by atoms with Crippen molar-refractivity contribution in [2.45, 2.75) is 18.8 Å². The van der Waals surface area contributed by atoms with Crippen LogP contribution < -0.4 is 5.32 Å². The molecule has 0 spiro atoms. The molecule has 29 heavy (non-hydrogen) atoms. The second-order valence-electron chi connectivity index (χ2n) is 7.05. The van der Waals surface area contributed by atoms with Gasteiger partial charge in [-0.25, -0.2) is 4.39 Å². The Morgan fingerprint density at radius 1 is 1.21 bits per heavy atom. The normalized spacial score (nSPS) is 14.8. The highest BCUT2D eigenvalue weighted by molar-refractivity contribution is 5.96. The highest BCUT2D eigenvalue weighted by Gasteiger charge is 2.26. The largest absolute Gasteiger partial charge is 0.451 e. The average Bonchev–Trinajstić information content (AvgIpc) is 3.44. The molecule has 1 aliphatic rings. The zero-order chi connectivity index (χ0) is 20.4. The number of furan rings is 1. The molecule has 0 saturated carbocycles. The van der Waals surface area contributed by atoms with Gasteiger partial charge in [-0.2, -0.15) is 5.10 Å². The molecular weight excluding hydrogens is 375 g/mol. The number of likely N-dealkylation sites (tertiary alicyclic amines) is 1. The van der Waals surface area contributed by atoms with E-state index in [1.807, 2.05) is 6.07 Å². The first kappa shape index (κ1) is 18.9. The van der Waals surface area contributed by atoms with Crippen LogP contribution in [-0.4, -0.2) is 47.0 Å². The Hall–Kier alpha value is -3.42. The van der Waals surface area contributed by atoms with Crippen LogP contribution in [0.25, 0.3) is 11.3 Å². The topological polar surface area (TPSA) is 91.2 Å². The van der Waals surface area contributed by atoms with E-state index in [2.05, 4.69) is 15.5 Å². The smallest absolute Gasteiger partial charge is 0.286 e. The highest BCUT2D eigenvalue weighted by Crippen LogP contribution is 2.29. The van der Waals surface area contributed by atoms with Gasteiger partial charge in [0.1, 0.15) is 11.6 Å². The number of carbonyl (C=O) groups is 2. The fraction of sp³-hybridized carbons (Fsp3) is 0.286. The summed E-state index contributed by atoms with van der Waals surface area (Å²) in [5, 5.41) is 9.44. The number of amides is 2. The molecular formula is C21H21FN4O3. The number of carbonyl (C=O) groups excluding carboxylic acids is 2. The Balaban J connectivity index is 1.51. The van der Waals surface area contributed by atoms with Gasteiger partial charge in [-0.1, -0.05) is 0 Å². The summed E-state index contributed by atoms with van der Waals surface area (Å²) in [4.78, 5) is 26.3. The van der Waals surface area contributed by atoms with Gasteiger partial charge in [0.25, 0.3) is 11.8 Å². The van der Waals surface area contributed by atoms with E-state index >= 15 is 0 Å². The van der Waals surface area contributed by atoms with Crippen LogP contribution in [0.5, 0.6) is 0 Å². The van der Waals surface area contributed by atoms with E-state index in [1.165, 1.54) is 25.2 Å². The van der Waals surface area contributed by atoms with Gasteiger partial charge in [-0.3, -0.25) is 14.7 Å². The Bertz CT molecular complexity index is 1020. The maximum Gasteiger partial charge on any atom is 0.286 e. The Morgan fingerprint density at radius 3 is 2.69 bits per heavy atom. The number of halogens is 1. The molecule has 150 valence electrons. The molecule has 2 amide bonds. The number of rotatable bonds is 4. The molecule has 2 aromatic heterocycles. The molecule has 1 fully saturated rings. The van der Waals surface area contributed by atoms with E-state index in [1.54, 1.807) is 23.2 Å². The first-order chi connectivity index (χ1) is 14.0. The number of nitrogens with one attached hydrogen (secondary N) is 2. The van der Waals surface area contributed by atoms with Gasteiger partial charge in [0.2, 0.25) is 0 Å². The van der Waals surface area contributed by atoms with Gasteiger partial charge in [-0.05, 0) is 49.2 Å². The molecule has 0 bridgehead atoms. The number of piperidine rings is 1. The minimum atomic E-state index is -0.531. The van der Waals surface area contributed by atoms with Crippen LogP contribution in [0.1, 0.15) is 45.4 Å². The third-order valence-corrected chi connectivity index (χ3v) is 5.23. The highest BCUT2D eigenvalue weighted by atomic mass is 19.1. The average molecular weight is 396 g/mol. The lowest BCUT2D eigenvalue weighted by atomic mass is 9.93. The summed E-state index contributed by atoms with van der Waals surface area (Å²) in [5.41, 5.74) is 1.75. The summed E-state index contributed by atoms with van der Waals surface area (Å²) in [7, 11) is 1.50. The number of hydrogen-bond donors (Lipinski definition) is 2. The molecule has 0 aliphatic carbocycles. The summed E-state index contributed by atoms with van der Waals surface area (Å²) < 4.78 is 19.7. The fourth-order valence-corrected chi connectivity index (χ4v) is 3.66. The molecule has 1 aliphatic heterocycles. The summed E-state index contributed by atoms with van der Waals surface area (Å²) >= 11 is 0.